The number of aromatic nitrogens is 6. The van der Waals surface area contributed by atoms with Crippen molar-refractivity contribution in [2.75, 3.05) is 11.4 Å². The highest BCUT2D eigenvalue weighted by molar-refractivity contribution is 5.80. The topological polar surface area (TPSA) is 75.0 Å². The average molecular weight is 435 g/mol. The normalized spacial score (nSPS) is 16.5. The van der Waals surface area contributed by atoms with Crippen LogP contribution in [0.25, 0.3) is 28.2 Å². The van der Waals surface area contributed by atoms with Crippen LogP contribution in [0.1, 0.15) is 24.4 Å². The highest BCUT2D eigenvalue weighted by Crippen LogP contribution is 2.37. The second kappa shape index (κ2) is 7.04. The summed E-state index contributed by atoms with van der Waals surface area (Å²) < 4.78 is 43.3. The zero-order valence-electron chi connectivity index (χ0n) is 16.6. The maximum Gasteiger partial charge on any atom is 0.214 e. The number of hydrogen-bond donors (Lipinski definition) is 1. The van der Waals surface area contributed by atoms with Crippen molar-refractivity contribution in [1.29, 1.82) is 0 Å². The SMILES string of the molecule is Fc1ccc(F)c([C@H]2CCCN2c2ccn3ncc(-c4nc5ccc(F)nc5[nH]4)c3n2)c1. The molecule has 32 heavy (non-hydrogen) atoms. The molecular weight excluding hydrogens is 419 g/mol. The first-order valence-electron chi connectivity index (χ1n) is 10.2. The van der Waals surface area contributed by atoms with E-state index in [0.717, 1.165) is 18.6 Å². The first kappa shape index (κ1) is 18.8. The molecule has 1 aliphatic rings. The molecule has 160 valence electrons. The molecule has 1 atom stereocenters. The Morgan fingerprint density at radius 1 is 1.00 bits per heavy atom. The third-order valence-corrected chi connectivity index (χ3v) is 5.78. The largest absolute Gasteiger partial charge is 0.349 e. The molecule has 0 radical (unpaired) electrons. The molecule has 5 heterocycles. The summed E-state index contributed by atoms with van der Waals surface area (Å²) in [6.45, 7) is 0.668. The maximum atomic E-state index is 14.5. The van der Waals surface area contributed by atoms with Crippen LogP contribution in [0.5, 0.6) is 0 Å². The van der Waals surface area contributed by atoms with E-state index in [-0.39, 0.29) is 6.04 Å². The number of pyridine rings is 1. The molecule has 1 saturated heterocycles. The Hall–Kier alpha value is -3.95. The first-order valence-corrected chi connectivity index (χ1v) is 10.2. The van der Waals surface area contributed by atoms with Crippen LogP contribution in [0, 0.1) is 17.6 Å². The van der Waals surface area contributed by atoms with Gasteiger partial charge in [-0.3, -0.25) is 0 Å². The van der Waals surface area contributed by atoms with Crippen LogP contribution < -0.4 is 4.90 Å². The molecule has 7 nitrogen and oxygen atoms in total. The third kappa shape index (κ3) is 2.98. The highest BCUT2D eigenvalue weighted by atomic mass is 19.1. The molecule has 0 spiro atoms. The van der Waals surface area contributed by atoms with Crippen LogP contribution in [-0.2, 0) is 0 Å². The minimum Gasteiger partial charge on any atom is -0.349 e. The summed E-state index contributed by atoms with van der Waals surface area (Å²) in [4.78, 5) is 18.0. The van der Waals surface area contributed by atoms with E-state index in [1.165, 1.54) is 12.1 Å². The number of nitrogens with one attached hydrogen (secondary N) is 1. The summed E-state index contributed by atoms with van der Waals surface area (Å²) in [5.41, 5.74) is 2.34. The molecular formula is C22H16F3N7. The van der Waals surface area contributed by atoms with Gasteiger partial charge in [0, 0.05) is 18.3 Å². The van der Waals surface area contributed by atoms with E-state index in [1.54, 1.807) is 29.0 Å². The number of anilines is 1. The Balaban J connectivity index is 1.43. The van der Waals surface area contributed by atoms with Gasteiger partial charge in [-0.15, -0.1) is 0 Å². The second-order valence-electron chi connectivity index (χ2n) is 7.72. The van der Waals surface area contributed by atoms with Crippen molar-refractivity contribution in [3.05, 3.63) is 71.9 Å². The van der Waals surface area contributed by atoms with Crippen LogP contribution in [0.15, 0.2) is 48.8 Å². The lowest BCUT2D eigenvalue weighted by Gasteiger charge is -2.26. The predicted octanol–water partition coefficient (Wildman–Crippen LogP) is 4.43. The number of fused-ring (bicyclic) bond motifs is 2. The fourth-order valence-electron chi connectivity index (χ4n) is 4.32. The summed E-state index contributed by atoms with van der Waals surface area (Å²) in [7, 11) is 0. The lowest BCUT2D eigenvalue weighted by atomic mass is 10.0. The molecule has 1 aromatic carbocycles. The van der Waals surface area contributed by atoms with E-state index >= 15 is 0 Å². The van der Waals surface area contributed by atoms with Gasteiger partial charge >= 0.3 is 0 Å². The van der Waals surface area contributed by atoms with E-state index in [0.29, 0.717) is 52.5 Å². The van der Waals surface area contributed by atoms with Gasteiger partial charge in [-0.05, 0) is 49.2 Å². The van der Waals surface area contributed by atoms with Crippen LogP contribution in [-0.4, -0.2) is 36.1 Å². The van der Waals surface area contributed by atoms with Crippen LogP contribution in [0.4, 0.5) is 19.0 Å². The molecule has 0 bridgehead atoms. The molecule has 6 rings (SSSR count). The number of H-pyrrole nitrogens is 1. The van der Waals surface area contributed by atoms with E-state index in [9.17, 15) is 13.2 Å². The second-order valence-corrected chi connectivity index (χ2v) is 7.72. The Morgan fingerprint density at radius 2 is 1.91 bits per heavy atom. The van der Waals surface area contributed by atoms with Gasteiger partial charge in [0.1, 0.15) is 28.8 Å². The fraction of sp³-hybridized carbons (Fsp3) is 0.182. The molecule has 1 aliphatic heterocycles. The lowest BCUT2D eigenvalue weighted by Crippen LogP contribution is -2.24. The van der Waals surface area contributed by atoms with E-state index < -0.39 is 17.6 Å². The lowest BCUT2D eigenvalue weighted by molar-refractivity contribution is 0.560. The smallest absolute Gasteiger partial charge is 0.214 e. The van der Waals surface area contributed by atoms with Gasteiger partial charge in [0.15, 0.2) is 11.3 Å². The van der Waals surface area contributed by atoms with Crippen LogP contribution >= 0.6 is 0 Å². The summed E-state index contributed by atoms with van der Waals surface area (Å²) in [6.07, 6.45) is 4.91. The molecule has 0 amide bonds. The Bertz CT molecular complexity index is 1480. The minimum atomic E-state index is -0.599. The molecule has 5 aromatic rings. The average Bonchev–Trinajstić information content (AvgIpc) is 3.52. The summed E-state index contributed by atoms with van der Waals surface area (Å²) in [5, 5.41) is 4.32. The summed E-state index contributed by atoms with van der Waals surface area (Å²) >= 11 is 0. The molecule has 4 aromatic heterocycles. The van der Waals surface area contributed by atoms with Gasteiger partial charge in [-0.1, -0.05) is 0 Å². The maximum absolute atomic E-state index is 14.5. The van der Waals surface area contributed by atoms with E-state index in [4.69, 9.17) is 4.98 Å². The van der Waals surface area contributed by atoms with Gasteiger partial charge in [-0.2, -0.15) is 14.5 Å². The molecule has 0 aliphatic carbocycles. The molecule has 10 heteroatoms. The summed E-state index contributed by atoms with van der Waals surface area (Å²) in [6, 6.07) is 7.81. The number of aromatic amines is 1. The van der Waals surface area contributed by atoms with Crippen molar-refractivity contribution in [2.45, 2.75) is 18.9 Å². The zero-order chi connectivity index (χ0) is 21.8. The van der Waals surface area contributed by atoms with Crippen molar-refractivity contribution in [2.24, 2.45) is 0 Å². The monoisotopic (exact) mass is 435 g/mol. The van der Waals surface area contributed by atoms with Crippen molar-refractivity contribution in [1.82, 2.24) is 29.5 Å². The van der Waals surface area contributed by atoms with Crippen LogP contribution in [0.2, 0.25) is 0 Å². The predicted molar refractivity (Wildman–Crippen MR) is 112 cm³/mol. The Morgan fingerprint density at radius 3 is 2.81 bits per heavy atom. The fourth-order valence-corrected chi connectivity index (χ4v) is 4.32. The van der Waals surface area contributed by atoms with Crippen molar-refractivity contribution in [3.63, 3.8) is 0 Å². The van der Waals surface area contributed by atoms with Gasteiger partial charge in [0.2, 0.25) is 5.95 Å². The standard InChI is InChI=1S/C22H16F3N7/c23-12-3-4-15(24)13(10-12)17-2-1-8-31(17)19-7-9-32-22(29-19)14(11-26-32)20-27-16-5-6-18(25)28-21(16)30-20/h3-7,9-11,17H,1-2,8H2,(H,27,28,30)/t17-/m1/s1. The van der Waals surface area contributed by atoms with Gasteiger partial charge in [0.05, 0.1) is 17.8 Å². The molecule has 0 unspecified atom stereocenters. The quantitative estimate of drug-likeness (QED) is 0.425. The Labute approximate surface area is 179 Å². The molecule has 1 fully saturated rings. The third-order valence-electron chi connectivity index (χ3n) is 5.78. The number of benzene rings is 1. The van der Waals surface area contributed by atoms with E-state index in [2.05, 4.69) is 20.1 Å². The van der Waals surface area contributed by atoms with Gasteiger partial charge < -0.3 is 9.88 Å². The number of rotatable bonds is 3. The van der Waals surface area contributed by atoms with Gasteiger partial charge in [0.25, 0.3) is 0 Å². The number of hydrogen-bond acceptors (Lipinski definition) is 5. The zero-order valence-corrected chi connectivity index (χ0v) is 16.6. The van der Waals surface area contributed by atoms with E-state index in [1.807, 2.05) is 4.90 Å². The molecule has 1 N–H and O–H groups in total. The number of halogens is 3. The van der Waals surface area contributed by atoms with Crippen molar-refractivity contribution >= 4 is 22.6 Å². The van der Waals surface area contributed by atoms with Crippen molar-refractivity contribution < 1.29 is 13.2 Å². The summed E-state index contributed by atoms with van der Waals surface area (Å²) in [5.74, 6) is -0.406. The van der Waals surface area contributed by atoms with Crippen LogP contribution in [0.3, 0.4) is 0 Å². The molecule has 0 saturated carbocycles. The van der Waals surface area contributed by atoms with Gasteiger partial charge in [-0.25, -0.2) is 23.3 Å². The number of nitrogens with zero attached hydrogens (tertiary/aromatic N) is 6. The first-order chi connectivity index (χ1) is 15.6. The number of imidazole rings is 1. The minimum absolute atomic E-state index is 0.314. The Kier molecular flexibility index (Phi) is 4.14. The highest BCUT2D eigenvalue weighted by Gasteiger charge is 2.30. The van der Waals surface area contributed by atoms with Crippen molar-refractivity contribution in [3.8, 4) is 11.4 Å².